The Morgan fingerprint density at radius 3 is 2.73 bits per heavy atom. The Balaban J connectivity index is 2.41. The fourth-order valence-corrected chi connectivity index (χ4v) is 1.65. The summed E-state index contributed by atoms with van der Waals surface area (Å²) in [6.45, 7) is 2.03. The third-order valence-electron chi connectivity index (χ3n) is 2.59. The number of rotatable bonds is 2. The first-order valence-electron chi connectivity index (χ1n) is 4.84. The van der Waals surface area contributed by atoms with Crippen molar-refractivity contribution in [2.75, 3.05) is 0 Å². The van der Waals surface area contributed by atoms with Gasteiger partial charge in [-0.1, -0.05) is 0 Å². The van der Waals surface area contributed by atoms with Gasteiger partial charge in [0, 0.05) is 25.6 Å². The molecule has 2 aromatic rings. The molecule has 0 aliphatic heterocycles. The molecule has 1 atom stereocenters. The first-order valence-corrected chi connectivity index (χ1v) is 4.84. The highest BCUT2D eigenvalue weighted by Crippen LogP contribution is 2.20. The molecule has 0 fully saturated rings. The van der Waals surface area contributed by atoms with E-state index in [0.29, 0.717) is 0 Å². The molecule has 4 nitrogen and oxygen atoms in total. The van der Waals surface area contributed by atoms with E-state index in [9.17, 15) is 0 Å². The molecule has 1 unspecified atom stereocenters. The number of nitrogens with two attached hydrogens (primary N) is 1. The van der Waals surface area contributed by atoms with Crippen LogP contribution in [0.25, 0.3) is 0 Å². The van der Waals surface area contributed by atoms with Crippen LogP contribution in [0.3, 0.4) is 0 Å². The maximum absolute atomic E-state index is 6.16. The van der Waals surface area contributed by atoms with E-state index < -0.39 is 0 Å². The number of hydrogen-bond donors (Lipinski definition) is 1. The van der Waals surface area contributed by atoms with E-state index in [0.717, 1.165) is 16.8 Å². The van der Waals surface area contributed by atoms with Gasteiger partial charge in [-0.15, -0.1) is 0 Å². The van der Waals surface area contributed by atoms with Crippen LogP contribution < -0.4 is 5.73 Å². The molecule has 78 valence electrons. The standard InChI is InChI=1S/C11H14N4/c1-8-3-5-13-7-9(8)11(12)10-4-6-14-15(10)2/h3-7,11H,12H2,1-2H3. The largest absolute Gasteiger partial charge is 0.319 e. The lowest BCUT2D eigenvalue weighted by Crippen LogP contribution is -2.17. The molecule has 0 radical (unpaired) electrons. The quantitative estimate of drug-likeness (QED) is 0.795. The van der Waals surface area contributed by atoms with E-state index in [1.165, 1.54) is 0 Å². The Hall–Kier alpha value is -1.68. The molecule has 4 heteroatoms. The van der Waals surface area contributed by atoms with E-state index in [-0.39, 0.29) is 6.04 Å². The Labute approximate surface area is 88.8 Å². The Kier molecular flexibility index (Phi) is 2.51. The number of nitrogens with zero attached hydrogens (tertiary/aromatic N) is 3. The summed E-state index contributed by atoms with van der Waals surface area (Å²) in [7, 11) is 1.89. The summed E-state index contributed by atoms with van der Waals surface area (Å²) < 4.78 is 1.79. The minimum atomic E-state index is -0.161. The van der Waals surface area contributed by atoms with Crippen LogP contribution in [0.2, 0.25) is 0 Å². The van der Waals surface area contributed by atoms with Crippen molar-refractivity contribution in [1.29, 1.82) is 0 Å². The molecule has 0 bridgehead atoms. The van der Waals surface area contributed by atoms with Crippen molar-refractivity contribution in [3.63, 3.8) is 0 Å². The van der Waals surface area contributed by atoms with Gasteiger partial charge >= 0.3 is 0 Å². The predicted octanol–water partition coefficient (Wildman–Crippen LogP) is 1.17. The zero-order chi connectivity index (χ0) is 10.8. The molecule has 2 rings (SSSR count). The molecule has 15 heavy (non-hydrogen) atoms. The normalized spacial score (nSPS) is 12.7. The molecule has 2 aromatic heterocycles. The van der Waals surface area contributed by atoms with E-state index in [4.69, 9.17) is 5.73 Å². The lowest BCUT2D eigenvalue weighted by molar-refractivity contribution is 0.670. The molecule has 0 saturated carbocycles. The van der Waals surface area contributed by atoms with Gasteiger partial charge in [-0.2, -0.15) is 5.10 Å². The molecule has 2 N–H and O–H groups in total. The third-order valence-corrected chi connectivity index (χ3v) is 2.59. The Morgan fingerprint density at radius 1 is 1.33 bits per heavy atom. The number of aryl methyl sites for hydroxylation is 2. The summed E-state index contributed by atoms with van der Waals surface area (Å²) in [6.07, 6.45) is 5.34. The van der Waals surface area contributed by atoms with E-state index >= 15 is 0 Å². The second-order valence-electron chi connectivity index (χ2n) is 3.59. The fraction of sp³-hybridized carbons (Fsp3) is 0.273. The maximum Gasteiger partial charge on any atom is 0.0740 e. The van der Waals surface area contributed by atoms with Gasteiger partial charge < -0.3 is 5.73 Å². The average Bonchev–Trinajstić information content (AvgIpc) is 2.64. The van der Waals surface area contributed by atoms with Crippen LogP contribution in [0.1, 0.15) is 22.9 Å². The van der Waals surface area contributed by atoms with Crippen LogP contribution >= 0.6 is 0 Å². The molecule has 0 aromatic carbocycles. The molecule has 0 amide bonds. The van der Waals surface area contributed by atoms with Gasteiger partial charge in [0.15, 0.2) is 0 Å². The topological polar surface area (TPSA) is 56.7 Å². The molecule has 0 spiro atoms. The smallest absolute Gasteiger partial charge is 0.0740 e. The van der Waals surface area contributed by atoms with Crippen molar-refractivity contribution >= 4 is 0 Å². The van der Waals surface area contributed by atoms with Crippen LogP contribution in [-0.2, 0) is 7.05 Å². The second kappa shape index (κ2) is 3.82. The van der Waals surface area contributed by atoms with Gasteiger partial charge in [-0.05, 0) is 30.2 Å². The SMILES string of the molecule is Cc1ccncc1C(N)c1ccnn1C. The van der Waals surface area contributed by atoms with Crippen LogP contribution in [0.4, 0.5) is 0 Å². The van der Waals surface area contributed by atoms with Gasteiger partial charge in [-0.3, -0.25) is 9.67 Å². The fourth-order valence-electron chi connectivity index (χ4n) is 1.65. The van der Waals surface area contributed by atoms with Crippen molar-refractivity contribution in [3.8, 4) is 0 Å². The van der Waals surface area contributed by atoms with E-state index in [2.05, 4.69) is 10.1 Å². The zero-order valence-electron chi connectivity index (χ0n) is 8.88. The summed E-state index contributed by atoms with van der Waals surface area (Å²) in [5.74, 6) is 0. The van der Waals surface area contributed by atoms with Gasteiger partial charge in [-0.25, -0.2) is 0 Å². The first kappa shape index (κ1) is 9.86. The third kappa shape index (κ3) is 1.76. The zero-order valence-corrected chi connectivity index (χ0v) is 8.88. The Morgan fingerprint density at radius 2 is 2.13 bits per heavy atom. The molecular formula is C11H14N4. The highest BCUT2D eigenvalue weighted by atomic mass is 15.3. The van der Waals surface area contributed by atoms with Crippen molar-refractivity contribution in [3.05, 3.63) is 47.5 Å². The van der Waals surface area contributed by atoms with Crippen molar-refractivity contribution < 1.29 is 0 Å². The monoisotopic (exact) mass is 202 g/mol. The Bertz CT molecular complexity index is 461. The highest BCUT2D eigenvalue weighted by Gasteiger charge is 2.14. The lowest BCUT2D eigenvalue weighted by atomic mass is 10.0. The van der Waals surface area contributed by atoms with Crippen molar-refractivity contribution in [1.82, 2.24) is 14.8 Å². The number of hydrogen-bond acceptors (Lipinski definition) is 3. The first-order chi connectivity index (χ1) is 7.20. The van der Waals surface area contributed by atoms with Gasteiger partial charge in [0.2, 0.25) is 0 Å². The average molecular weight is 202 g/mol. The predicted molar refractivity (Wildman–Crippen MR) is 58.2 cm³/mol. The molecule has 0 aliphatic rings. The minimum Gasteiger partial charge on any atom is -0.319 e. The number of pyridine rings is 1. The molecule has 2 heterocycles. The maximum atomic E-state index is 6.16. The molecule has 0 aliphatic carbocycles. The molecular weight excluding hydrogens is 188 g/mol. The number of aromatic nitrogens is 3. The van der Waals surface area contributed by atoms with E-state index in [1.807, 2.05) is 32.3 Å². The summed E-state index contributed by atoms with van der Waals surface area (Å²) in [5, 5.41) is 4.11. The van der Waals surface area contributed by atoms with Crippen molar-refractivity contribution in [2.45, 2.75) is 13.0 Å². The minimum absolute atomic E-state index is 0.161. The summed E-state index contributed by atoms with van der Waals surface area (Å²) in [6, 6.07) is 3.73. The summed E-state index contributed by atoms with van der Waals surface area (Å²) >= 11 is 0. The van der Waals surface area contributed by atoms with Gasteiger partial charge in [0.1, 0.15) is 0 Å². The van der Waals surface area contributed by atoms with Gasteiger partial charge in [0.25, 0.3) is 0 Å². The van der Waals surface area contributed by atoms with Gasteiger partial charge in [0.05, 0.1) is 11.7 Å². The van der Waals surface area contributed by atoms with Crippen LogP contribution in [0.15, 0.2) is 30.7 Å². The van der Waals surface area contributed by atoms with Crippen LogP contribution in [0.5, 0.6) is 0 Å². The van der Waals surface area contributed by atoms with Crippen LogP contribution in [-0.4, -0.2) is 14.8 Å². The summed E-state index contributed by atoms with van der Waals surface area (Å²) in [5.41, 5.74) is 9.35. The van der Waals surface area contributed by atoms with E-state index in [1.54, 1.807) is 17.1 Å². The lowest BCUT2D eigenvalue weighted by Gasteiger charge is -2.14. The van der Waals surface area contributed by atoms with Crippen LogP contribution in [0, 0.1) is 6.92 Å². The summed E-state index contributed by atoms with van der Waals surface area (Å²) in [4.78, 5) is 4.10. The van der Waals surface area contributed by atoms with Crippen molar-refractivity contribution in [2.24, 2.45) is 12.8 Å². The molecule has 0 saturated heterocycles. The highest BCUT2D eigenvalue weighted by molar-refractivity contribution is 5.31. The second-order valence-corrected chi connectivity index (χ2v) is 3.59.